The maximum Gasteiger partial charge on any atom is 0.387 e. The molecule has 19 heavy (non-hydrogen) atoms. The molecular weight excluding hydrogens is 268 g/mol. The van der Waals surface area contributed by atoms with Crippen LogP contribution in [0.25, 0.3) is 0 Å². The highest BCUT2D eigenvalue weighted by Gasteiger charge is 2.62. The summed E-state index contributed by atoms with van der Waals surface area (Å²) in [5, 5.41) is 9.12. The Morgan fingerprint density at radius 1 is 1.32 bits per heavy atom. The number of carboxylic acid groups (broad SMARTS) is 1. The molecule has 0 amide bonds. The van der Waals surface area contributed by atoms with Gasteiger partial charge in [0.15, 0.2) is 0 Å². The quantitative estimate of drug-likeness (QED) is 0.861. The first-order valence-electron chi connectivity index (χ1n) is 5.42. The van der Waals surface area contributed by atoms with Crippen LogP contribution in [0.5, 0.6) is 5.75 Å². The highest BCUT2D eigenvalue weighted by Crippen LogP contribution is 2.53. The molecule has 7 heteroatoms. The summed E-state index contributed by atoms with van der Waals surface area (Å²) in [6.07, 6.45) is -1.68. The van der Waals surface area contributed by atoms with Crippen molar-refractivity contribution >= 4 is 5.97 Å². The van der Waals surface area contributed by atoms with E-state index in [0.29, 0.717) is 0 Å². The Hall–Kier alpha value is -1.79. The Labute approximate surface area is 105 Å². The maximum atomic E-state index is 13.0. The average molecular weight is 278 g/mol. The minimum atomic E-state index is -3.06. The van der Waals surface area contributed by atoms with E-state index in [4.69, 9.17) is 5.11 Å². The van der Waals surface area contributed by atoms with E-state index in [1.54, 1.807) is 0 Å². The lowest BCUT2D eigenvalue weighted by Gasteiger charge is -2.44. The fourth-order valence-electron chi connectivity index (χ4n) is 2.28. The number of hydrogen-bond acceptors (Lipinski definition) is 2. The van der Waals surface area contributed by atoms with Crippen LogP contribution in [0.15, 0.2) is 24.3 Å². The van der Waals surface area contributed by atoms with Gasteiger partial charge >= 0.3 is 12.6 Å². The standard InChI is InChI=1S/C12H10F4O3/c13-10(14)19-8-3-1-2-7(4-8)11(9(17)18)5-12(15,16)6-11/h1-4,10H,5-6H2,(H,17,18). The summed E-state index contributed by atoms with van der Waals surface area (Å²) in [5.74, 6) is -4.69. The zero-order chi connectivity index (χ0) is 14.3. The van der Waals surface area contributed by atoms with Crippen LogP contribution in [0.1, 0.15) is 18.4 Å². The molecule has 1 aromatic rings. The van der Waals surface area contributed by atoms with E-state index in [9.17, 15) is 22.4 Å². The van der Waals surface area contributed by atoms with Crippen LogP contribution < -0.4 is 4.74 Å². The Morgan fingerprint density at radius 3 is 2.42 bits per heavy atom. The van der Waals surface area contributed by atoms with E-state index in [1.165, 1.54) is 18.2 Å². The van der Waals surface area contributed by atoms with Gasteiger partial charge in [-0.05, 0) is 17.7 Å². The van der Waals surface area contributed by atoms with Crippen molar-refractivity contribution in [3.05, 3.63) is 29.8 Å². The van der Waals surface area contributed by atoms with Crippen molar-refractivity contribution < 1.29 is 32.2 Å². The normalized spacial score (nSPS) is 19.8. The number of carboxylic acids is 1. The summed E-state index contributed by atoms with van der Waals surface area (Å²) >= 11 is 0. The van der Waals surface area contributed by atoms with Crippen LogP contribution in [0.4, 0.5) is 17.6 Å². The Kier molecular flexibility index (Phi) is 3.15. The lowest BCUT2D eigenvalue weighted by atomic mass is 9.62. The van der Waals surface area contributed by atoms with Crippen molar-refractivity contribution in [1.82, 2.24) is 0 Å². The third kappa shape index (κ3) is 2.50. The average Bonchev–Trinajstić information content (AvgIpc) is 2.24. The Balaban J connectivity index is 2.32. The van der Waals surface area contributed by atoms with E-state index >= 15 is 0 Å². The molecule has 1 aliphatic rings. The number of ether oxygens (including phenoxy) is 1. The van der Waals surface area contributed by atoms with Gasteiger partial charge in [0.2, 0.25) is 0 Å². The third-order valence-electron chi connectivity index (χ3n) is 3.14. The number of alkyl halides is 4. The van der Waals surface area contributed by atoms with Gasteiger partial charge in [0.25, 0.3) is 5.92 Å². The number of aliphatic carboxylic acids is 1. The van der Waals surface area contributed by atoms with Gasteiger partial charge in [-0.2, -0.15) is 8.78 Å². The zero-order valence-corrected chi connectivity index (χ0v) is 9.58. The molecular formula is C12H10F4O3. The molecule has 0 radical (unpaired) electrons. The molecule has 1 aromatic carbocycles. The first-order chi connectivity index (χ1) is 8.75. The van der Waals surface area contributed by atoms with Crippen molar-refractivity contribution in [3.63, 3.8) is 0 Å². The molecule has 2 rings (SSSR count). The fraction of sp³-hybridized carbons (Fsp3) is 0.417. The number of carbonyl (C=O) groups is 1. The van der Waals surface area contributed by atoms with Gasteiger partial charge in [0.1, 0.15) is 11.2 Å². The number of rotatable bonds is 4. The molecule has 0 aliphatic heterocycles. The first-order valence-corrected chi connectivity index (χ1v) is 5.42. The molecule has 1 aliphatic carbocycles. The molecule has 0 atom stereocenters. The SMILES string of the molecule is O=C(O)C1(c2cccc(OC(F)F)c2)CC(F)(F)C1. The molecule has 0 unspecified atom stereocenters. The molecule has 0 heterocycles. The molecule has 0 spiro atoms. The predicted octanol–water partition coefficient (Wildman–Crippen LogP) is 3.04. The van der Waals surface area contributed by atoms with Crippen molar-refractivity contribution in [3.8, 4) is 5.75 Å². The van der Waals surface area contributed by atoms with E-state index in [1.807, 2.05) is 0 Å². The summed E-state index contributed by atoms with van der Waals surface area (Å²) in [6.45, 7) is -3.06. The fourth-order valence-corrected chi connectivity index (χ4v) is 2.28. The van der Waals surface area contributed by atoms with Crippen LogP contribution in [0.2, 0.25) is 0 Å². The molecule has 0 aromatic heterocycles. The second kappa shape index (κ2) is 4.40. The van der Waals surface area contributed by atoms with Gasteiger partial charge in [-0.25, -0.2) is 8.78 Å². The molecule has 0 bridgehead atoms. The second-order valence-corrected chi connectivity index (χ2v) is 4.50. The summed E-state index contributed by atoms with van der Waals surface area (Å²) < 4.78 is 54.2. The summed E-state index contributed by atoms with van der Waals surface area (Å²) in [5.41, 5.74) is -1.69. The van der Waals surface area contributed by atoms with Gasteiger partial charge in [-0.3, -0.25) is 4.79 Å². The van der Waals surface area contributed by atoms with E-state index in [-0.39, 0.29) is 11.3 Å². The monoisotopic (exact) mass is 278 g/mol. The summed E-state index contributed by atoms with van der Waals surface area (Å²) in [7, 11) is 0. The van der Waals surface area contributed by atoms with Crippen molar-refractivity contribution in [2.24, 2.45) is 0 Å². The highest BCUT2D eigenvalue weighted by atomic mass is 19.3. The van der Waals surface area contributed by atoms with E-state index in [2.05, 4.69) is 4.74 Å². The van der Waals surface area contributed by atoms with Crippen LogP contribution in [0, 0.1) is 0 Å². The smallest absolute Gasteiger partial charge is 0.387 e. The molecule has 3 nitrogen and oxygen atoms in total. The topological polar surface area (TPSA) is 46.5 Å². The van der Waals surface area contributed by atoms with Crippen molar-refractivity contribution in [2.75, 3.05) is 0 Å². The maximum absolute atomic E-state index is 13.0. The first kappa shape index (κ1) is 13.6. The molecule has 1 saturated carbocycles. The van der Waals surface area contributed by atoms with Crippen molar-refractivity contribution in [2.45, 2.75) is 30.8 Å². The van der Waals surface area contributed by atoms with Crippen LogP contribution in [0.3, 0.4) is 0 Å². The molecule has 1 fully saturated rings. The van der Waals surface area contributed by atoms with Crippen LogP contribution >= 0.6 is 0 Å². The van der Waals surface area contributed by atoms with Gasteiger partial charge in [-0.1, -0.05) is 12.1 Å². The van der Waals surface area contributed by atoms with Gasteiger partial charge < -0.3 is 9.84 Å². The number of benzene rings is 1. The largest absolute Gasteiger partial charge is 0.481 e. The molecule has 0 saturated heterocycles. The third-order valence-corrected chi connectivity index (χ3v) is 3.14. The van der Waals surface area contributed by atoms with Gasteiger partial charge in [0, 0.05) is 12.8 Å². The van der Waals surface area contributed by atoms with Gasteiger partial charge in [0.05, 0.1) is 0 Å². The minimum absolute atomic E-state index is 0.0454. The summed E-state index contributed by atoms with van der Waals surface area (Å²) in [6, 6.07) is 4.90. The van der Waals surface area contributed by atoms with Crippen LogP contribution in [-0.4, -0.2) is 23.6 Å². The van der Waals surface area contributed by atoms with Gasteiger partial charge in [-0.15, -0.1) is 0 Å². The Morgan fingerprint density at radius 2 is 1.95 bits per heavy atom. The van der Waals surface area contributed by atoms with E-state index < -0.39 is 36.8 Å². The lowest BCUT2D eigenvalue weighted by Crippen LogP contribution is -2.54. The minimum Gasteiger partial charge on any atom is -0.481 e. The van der Waals surface area contributed by atoms with Crippen LogP contribution in [-0.2, 0) is 10.2 Å². The molecule has 104 valence electrons. The summed E-state index contributed by atoms with van der Waals surface area (Å²) in [4.78, 5) is 11.2. The lowest BCUT2D eigenvalue weighted by molar-refractivity contribution is -0.174. The molecule has 1 N–H and O–H groups in total. The zero-order valence-electron chi connectivity index (χ0n) is 9.58. The second-order valence-electron chi connectivity index (χ2n) is 4.50. The number of hydrogen-bond donors (Lipinski definition) is 1. The predicted molar refractivity (Wildman–Crippen MR) is 56.6 cm³/mol. The highest BCUT2D eigenvalue weighted by molar-refractivity contribution is 5.83. The van der Waals surface area contributed by atoms with E-state index in [0.717, 1.165) is 6.07 Å². The Bertz CT molecular complexity index is 494. The van der Waals surface area contributed by atoms with Crippen molar-refractivity contribution in [1.29, 1.82) is 0 Å². The number of halogens is 4.